The van der Waals surface area contributed by atoms with Crippen LogP contribution < -0.4 is 11.2 Å². The second-order valence-corrected chi connectivity index (χ2v) is 8.11. The molecule has 0 spiro atoms. The molecule has 9 heteroatoms. The van der Waals surface area contributed by atoms with Crippen LogP contribution in [0.1, 0.15) is 30.9 Å². The highest BCUT2D eigenvalue weighted by atomic mass is 19.2. The lowest BCUT2D eigenvalue weighted by Gasteiger charge is -2.13. The fraction of sp³-hybridized carbons (Fsp3) is 0.292. The summed E-state index contributed by atoms with van der Waals surface area (Å²) in [6.07, 6.45) is 1.42. The van der Waals surface area contributed by atoms with E-state index in [0.717, 1.165) is 22.3 Å². The fourth-order valence-corrected chi connectivity index (χ4v) is 3.76. The Morgan fingerprint density at radius 3 is 2.39 bits per heavy atom. The van der Waals surface area contributed by atoms with Crippen molar-refractivity contribution in [3.63, 3.8) is 0 Å². The number of methoxy groups -OCH3 is 1. The molecular weight excluding hydrogens is 430 g/mol. The number of ether oxygens (including phenoxy) is 1. The first-order chi connectivity index (χ1) is 15.8. The summed E-state index contributed by atoms with van der Waals surface area (Å²) in [6.45, 7) is 4.46. The van der Waals surface area contributed by atoms with Crippen molar-refractivity contribution in [1.29, 1.82) is 0 Å². The zero-order valence-electron chi connectivity index (χ0n) is 18.6. The minimum Gasteiger partial charge on any atom is -0.383 e. The molecule has 0 amide bonds. The zero-order valence-corrected chi connectivity index (χ0v) is 18.6. The Labute approximate surface area is 188 Å². The maximum absolute atomic E-state index is 13.7. The summed E-state index contributed by atoms with van der Waals surface area (Å²) >= 11 is 0. The molecule has 0 unspecified atom stereocenters. The lowest BCUT2D eigenvalue weighted by Crippen LogP contribution is -2.41. The van der Waals surface area contributed by atoms with Gasteiger partial charge in [0.05, 0.1) is 25.2 Å². The first-order valence-electron chi connectivity index (χ1n) is 10.6. The molecule has 4 rings (SSSR count). The molecule has 4 aromatic rings. The van der Waals surface area contributed by atoms with E-state index in [9.17, 15) is 18.4 Å². The van der Waals surface area contributed by atoms with E-state index in [-0.39, 0.29) is 30.9 Å². The lowest BCUT2D eigenvalue weighted by atomic mass is 10.0. The Morgan fingerprint density at radius 1 is 1.03 bits per heavy atom. The van der Waals surface area contributed by atoms with E-state index in [4.69, 9.17) is 4.74 Å². The predicted molar refractivity (Wildman–Crippen MR) is 121 cm³/mol. The Morgan fingerprint density at radius 2 is 1.76 bits per heavy atom. The Kier molecular flexibility index (Phi) is 6.24. The summed E-state index contributed by atoms with van der Waals surface area (Å²) in [6, 6.07) is 11.0. The van der Waals surface area contributed by atoms with Gasteiger partial charge in [0.2, 0.25) is 0 Å². The SMILES string of the molecule is COCCn1c(=O)c2c(ncn2Cc2ccc(F)c(F)c2)n(-c2ccc(C(C)C)cc2)c1=O. The van der Waals surface area contributed by atoms with Crippen molar-refractivity contribution in [1.82, 2.24) is 18.7 Å². The second kappa shape index (κ2) is 9.11. The highest BCUT2D eigenvalue weighted by Gasteiger charge is 2.19. The summed E-state index contributed by atoms with van der Waals surface area (Å²) in [7, 11) is 1.49. The number of hydrogen-bond donors (Lipinski definition) is 0. The van der Waals surface area contributed by atoms with E-state index in [1.807, 2.05) is 24.3 Å². The quantitative estimate of drug-likeness (QED) is 0.429. The zero-order chi connectivity index (χ0) is 23.7. The monoisotopic (exact) mass is 454 g/mol. The van der Waals surface area contributed by atoms with Crippen LogP contribution >= 0.6 is 0 Å². The Bertz CT molecular complexity index is 1420. The molecule has 0 aliphatic heterocycles. The van der Waals surface area contributed by atoms with Gasteiger partial charge in [0.15, 0.2) is 22.8 Å². The highest BCUT2D eigenvalue weighted by Crippen LogP contribution is 2.19. The van der Waals surface area contributed by atoms with Gasteiger partial charge >= 0.3 is 5.69 Å². The molecule has 0 aliphatic carbocycles. The van der Waals surface area contributed by atoms with Crippen molar-refractivity contribution < 1.29 is 13.5 Å². The minimum absolute atomic E-state index is 0.0601. The number of aromatic nitrogens is 4. The minimum atomic E-state index is -0.975. The first kappa shape index (κ1) is 22.6. The number of nitrogens with zero attached hydrogens (tertiary/aromatic N) is 4. The molecule has 7 nitrogen and oxygen atoms in total. The van der Waals surface area contributed by atoms with Crippen molar-refractivity contribution in [3.8, 4) is 5.69 Å². The molecule has 33 heavy (non-hydrogen) atoms. The van der Waals surface area contributed by atoms with Crippen LogP contribution in [0, 0.1) is 11.6 Å². The van der Waals surface area contributed by atoms with E-state index in [1.54, 1.807) is 0 Å². The summed E-state index contributed by atoms with van der Waals surface area (Å²) in [5.41, 5.74) is 1.46. The van der Waals surface area contributed by atoms with Crippen LogP contribution in [0.4, 0.5) is 8.78 Å². The molecule has 2 aromatic carbocycles. The molecule has 0 fully saturated rings. The van der Waals surface area contributed by atoms with Gasteiger partial charge in [-0.2, -0.15) is 0 Å². The van der Waals surface area contributed by atoms with Gasteiger partial charge in [-0.25, -0.2) is 23.1 Å². The van der Waals surface area contributed by atoms with Gasteiger partial charge in [0.25, 0.3) is 5.56 Å². The standard InChI is InChI=1S/C24H24F2N4O3/c1-15(2)17-5-7-18(8-6-17)30-22-21(23(31)29(24(30)32)10-11-33-3)28(14-27-22)13-16-4-9-19(25)20(26)12-16/h4-9,12,14-15H,10-11,13H2,1-3H3. The van der Waals surface area contributed by atoms with Crippen LogP contribution in [0.2, 0.25) is 0 Å². The van der Waals surface area contributed by atoms with Crippen LogP contribution in [-0.2, 0) is 17.8 Å². The summed E-state index contributed by atoms with van der Waals surface area (Å²) in [5, 5.41) is 0. The fourth-order valence-electron chi connectivity index (χ4n) is 3.76. The van der Waals surface area contributed by atoms with Crippen LogP contribution in [0.5, 0.6) is 0 Å². The van der Waals surface area contributed by atoms with Crippen LogP contribution in [0.15, 0.2) is 58.4 Å². The average Bonchev–Trinajstić information content (AvgIpc) is 3.20. The summed E-state index contributed by atoms with van der Waals surface area (Å²) < 4.78 is 36.1. The molecule has 0 bridgehead atoms. The van der Waals surface area contributed by atoms with Gasteiger partial charge in [-0.15, -0.1) is 0 Å². The largest absolute Gasteiger partial charge is 0.383 e. The first-order valence-corrected chi connectivity index (χ1v) is 10.6. The summed E-state index contributed by atoms with van der Waals surface area (Å²) in [4.78, 5) is 30.9. The molecule has 0 radical (unpaired) electrons. The molecule has 2 heterocycles. The van der Waals surface area contributed by atoms with E-state index in [1.165, 1.54) is 28.6 Å². The lowest BCUT2D eigenvalue weighted by molar-refractivity contribution is 0.184. The smallest absolute Gasteiger partial charge is 0.337 e. The molecule has 0 atom stereocenters. The number of benzene rings is 2. The summed E-state index contributed by atoms with van der Waals surface area (Å²) in [5.74, 6) is -1.60. The van der Waals surface area contributed by atoms with Crippen LogP contribution in [0.25, 0.3) is 16.9 Å². The predicted octanol–water partition coefficient (Wildman–Crippen LogP) is 3.45. The Balaban J connectivity index is 1.92. The second-order valence-electron chi connectivity index (χ2n) is 8.11. The van der Waals surface area contributed by atoms with Crippen molar-refractivity contribution >= 4 is 11.2 Å². The van der Waals surface area contributed by atoms with Crippen molar-refractivity contribution in [3.05, 3.63) is 92.4 Å². The maximum Gasteiger partial charge on any atom is 0.337 e. The van der Waals surface area contributed by atoms with Gasteiger partial charge < -0.3 is 9.30 Å². The van der Waals surface area contributed by atoms with Gasteiger partial charge in [0.1, 0.15) is 0 Å². The molecule has 0 saturated carbocycles. The van der Waals surface area contributed by atoms with Crippen molar-refractivity contribution in [2.24, 2.45) is 0 Å². The molecule has 0 saturated heterocycles. The molecule has 172 valence electrons. The molecule has 0 N–H and O–H groups in total. The average molecular weight is 454 g/mol. The van der Waals surface area contributed by atoms with E-state index in [2.05, 4.69) is 18.8 Å². The van der Waals surface area contributed by atoms with Crippen LogP contribution in [0.3, 0.4) is 0 Å². The van der Waals surface area contributed by atoms with Crippen LogP contribution in [-0.4, -0.2) is 32.4 Å². The maximum atomic E-state index is 13.7. The normalized spacial score (nSPS) is 11.6. The van der Waals surface area contributed by atoms with E-state index < -0.39 is 22.9 Å². The van der Waals surface area contributed by atoms with Gasteiger partial charge in [-0.05, 0) is 41.3 Å². The number of hydrogen-bond acceptors (Lipinski definition) is 4. The third-order valence-corrected chi connectivity index (χ3v) is 5.57. The molecule has 2 aromatic heterocycles. The highest BCUT2D eigenvalue weighted by molar-refractivity contribution is 5.72. The molecule has 0 aliphatic rings. The molecular formula is C24H24F2N4O3. The number of imidazole rings is 1. The third kappa shape index (κ3) is 4.23. The third-order valence-electron chi connectivity index (χ3n) is 5.57. The number of halogens is 2. The van der Waals surface area contributed by atoms with Gasteiger partial charge in [-0.1, -0.05) is 32.0 Å². The van der Waals surface area contributed by atoms with Gasteiger partial charge in [0, 0.05) is 13.7 Å². The van der Waals surface area contributed by atoms with Crippen molar-refractivity contribution in [2.45, 2.75) is 32.9 Å². The number of fused-ring (bicyclic) bond motifs is 1. The Hall–Kier alpha value is -3.59. The van der Waals surface area contributed by atoms with Gasteiger partial charge in [-0.3, -0.25) is 9.36 Å². The topological polar surface area (TPSA) is 71.1 Å². The number of rotatable bonds is 7. The van der Waals surface area contributed by atoms with Crippen molar-refractivity contribution in [2.75, 3.05) is 13.7 Å². The van der Waals surface area contributed by atoms with E-state index in [0.29, 0.717) is 17.2 Å². The van der Waals surface area contributed by atoms with E-state index >= 15 is 0 Å².